The first-order chi connectivity index (χ1) is 13.0. The van der Waals surface area contributed by atoms with E-state index in [1.807, 2.05) is 61.9 Å². The standard InChI is InChI=1S/C21H25N3O3/c1-14-6-5-7-19(15(14)2)27-13-21(25)22-11-10-20-23-17-12-16(26-4)8-9-18(17)24(20)3/h5-9,12H,10-11,13H2,1-4H3,(H,22,25). The van der Waals surface area contributed by atoms with E-state index in [4.69, 9.17) is 9.47 Å². The molecule has 0 saturated heterocycles. The molecule has 1 N–H and O–H groups in total. The maximum absolute atomic E-state index is 12.1. The number of carbonyl (C=O) groups is 1. The molecule has 0 aliphatic carbocycles. The number of nitrogens with zero attached hydrogens (tertiary/aromatic N) is 2. The van der Waals surface area contributed by atoms with Gasteiger partial charge in [0.15, 0.2) is 6.61 Å². The van der Waals surface area contributed by atoms with E-state index in [1.165, 1.54) is 0 Å². The van der Waals surface area contributed by atoms with Crippen molar-refractivity contribution in [2.75, 3.05) is 20.3 Å². The summed E-state index contributed by atoms with van der Waals surface area (Å²) in [7, 11) is 3.61. The molecule has 6 heteroatoms. The second-order valence-electron chi connectivity index (χ2n) is 6.53. The lowest BCUT2D eigenvalue weighted by Crippen LogP contribution is -2.31. The Hall–Kier alpha value is -3.02. The summed E-state index contributed by atoms with van der Waals surface area (Å²) in [4.78, 5) is 16.7. The molecule has 0 fully saturated rings. The van der Waals surface area contributed by atoms with E-state index in [0.717, 1.165) is 39.5 Å². The molecule has 1 heterocycles. The summed E-state index contributed by atoms with van der Waals surface area (Å²) in [5, 5.41) is 2.89. The molecule has 0 atom stereocenters. The molecular formula is C21H25N3O3. The van der Waals surface area contributed by atoms with Crippen molar-refractivity contribution in [2.45, 2.75) is 20.3 Å². The second kappa shape index (κ2) is 8.12. The number of hydrogen-bond donors (Lipinski definition) is 1. The van der Waals surface area contributed by atoms with Gasteiger partial charge in [-0.05, 0) is 43.2 Å². The molecule has 6 nitrogen and oxygen atoms in total. The lowest BCUT2D eigenvalue weighted by molar-refractivity contribution is -0.123. The molecule has 27 heavy (non-hydrogen) atoms. The minimum atomic E-state index is -0.142. The van der Waals surface area contributed by atoms with Gasteiger partial charge in [0, 0.05) is 26.1 Å². The van der Waals surface area contributed by atoms with Gasteiger partial charge in [-0.3, -0.25) is 4.79 Å². The minimum Gasteiger partial charge on any atom is -0.497 e. The molecule has 0 bridgehead atoms. The number of fused-ring (bicyclic) bond motifs is 1. The number of amides is 1. The van der Waals surface area contributed by atoms with Crippen LogP contribution in [-0.2, 0) is 18.3 Å². The highest BCUT2D eigenvalue weighted by atomic mass is 16.5. The molecule has 2 aromatic carbocycles. The molecule has 1 aromatic heterocycles. The van der Waals surface area contributed by atoms with Crippen molar-refractivity contribution >= 4 is 16.9 Å². The monoisotopic (exact) mass is 367 g/mol. The van der Waals surface area contributed by atoms with Gasteiger partial charge in [-0.25, -0.2) is 4.98 Å². The number of nitrogens with one attached hydrogen (secondary N) is 1. The Labute approximate surface area is 159 Å². The van der Waals surface area contributed by atoms with Crippen LogP contribution in [0.4, 0.5) is 0 Å². The Morgan fingerprint density at radius 2 is 2.04 bits per heavy atom. The van der Waals surface area contributed by atoms with Gasteiger partial charge in [-0.15, -0.1) is 0 Å². The number of carbonyl (C=O) groups excluding carboxylic acids is 1. The lowest BCUT2D eigenvalue weighted by atomic mass is 10.1. The summed E-state index contributed by atoms with van der Waals surface area (Å²) in [5.41, 5.74) is 4.12. The summed E-state index contributed by atoms with van der Waals surface area (Å²) in [6.45, 7) is 4.52. The van der Waals surface area contributed by atoms with Crippen molar-refractivity contribution in [3.8, 4) is 11.5 Å². The summed E-state index contributed by atoms with van der Waals surface area (Å²) < 4.78 is 12.9. The second-order valence-corrected chi connectivity index (χ2v) is 6.53. The number of methoxy groups -OCH3 is 1. The van der Waals surface area contributed by atoms with Gasteiger partial charge in [-0.1, -0.05) is 12.1 Å². The number of aryl methyl sites for hydroxylation is 2. The first kappa shape index (κ1) is 18.8. The molecule has 0 aliphatic rings. The molecule has 1 amide bonds. The van der Waals surface area contributed by atoms with Crippen molar-refractivity contribution in [1.82, 2.24) is 14.9 Å². The van der Waals surface area contributed by atoms with E-state index in [0.29, 0.717) is 13.0 Å². The van der Waals surface area contributed by atoms with Crippen LogP contribution in [-0.4, -0.2) is 35.7 Å². The first-order valence-corrected chi connectivity index (χ1v) is 8.94. The van der Waals surface area contributed by atoms with E-state index in [9.17, 15) is 4.79 Å². The topological polar surface area (TPSA) is 65.4 Å². The van der Waals surface area contributed by atoms with Crippen LogP contribution in [0.2, 0.25) is 0 Å². The Balaban J connectivity index is 1.53. The minimum absolute atomic E-state index is 0.00400. The lowest BCUT2D eigenvalue weighted by Gasteiger charge is -2.11. The van der Waals surface area contributed by atoms with Crippen LogP contribution in [0.1, 0.15) is 17.0 Å². The average Bonchev–Trinajstić information content (AvgIpc) is 2.98. The third kappa shape index (κ3) is 4.22. The number of imidazole rings is 1. The van der Waals surface area contributed by atoms with Crippen molar-refractivity contribution in [3.63, 3.8) is 0 Å². The third-order valence-corrected chi connectivity index (χ3v) is 4.77. The Bertz CT molecular complexity index is 963. The van der Waals surface area contributed by atoms with Crippen LogP contribution < -0.4 is 14.8 Å². The number of ether oxygens (including phenoxy) is 2. The molecule has 0 saturated carbocycles. The highest BCUT2D eigenvalue weighted by Crippen LogP contribution is 2.21. The van der Waals surface area contributed by atoms with Gasteiger partial charge in [0.1, 0.15) is 17.3 Å². The van der Waals surface area contributed by atoms with Crippen molar-refractivity contribution < 1.29 is 14.3 Å². The maximum atomic E-state index is 12.1. The molecular weight excluding hydrogens is 342 g/mol. The summed E-state index contributed by atoms with van der Waals surface area (Å²) in [6, 6.07) is 11.6. The first-order valence-electron chi connectivity index (χ1n) is 8.94. The fourth-order valence-electron chi connectivity index (χ4n) is 2.97. The van der Waals surface area contributed by atoms with Crippen LogP contribution >= 0.6 is 0 Å². The normalized spacial score (nSPS) is 10.8. The fraction of sp³-hybridized carbons (Fsp3) is 0.333. The van der Waals surface area contributed by atoms with Crippen LogP contribution in [0.3, 0.4) is 0 Å². The smallest absolute Gasteiger partial charge is 0.257 e. The van der Waals surface area contributed by atoms with E-state index < -0.39 is 0 Å². The van der Waals surface area contributed by atoms with Crippen LogP contribution in [0.25, 0.3) is 11.0 Å². The van der Waals surface area contributed by atoms with Crippen LogP contribution in [0.5, 0.6) is 11.5 Å². The molecule has 0 unspecified atom stereocenters. The van der Waals surface area contributed by atoms with Gasteiger partial charge >= 0.3 is 0 Å². The van der Waals surface area contributed by atoms with Crippen LogP contribution in [0.15, 0.2) is 36.4 Å². The number of rotatable bonds is 7. The van der Waals surface area contributed by atoms with Gasteiger partial charge < -0.3 is 19.4 Å². The zero-order valence-electron chi connectivity index (χ0n) is 16.2. The quantitative estimate of drug-likeness (QED) is 0.697. The van der Waals surface area contributed by atoms with Gasteiger partial charge in [0.05, 0.1) is 18.1 Å². The summed E-state index contributed by atoms with van der Waals surface area (Å²) in [5.74, 6) is 2.30. The van der Waals surface area contributed by atoms with Crippen LogP contribution in [0, 0.1) is 13.8 Å². The fourth-order valence-corrected chi connectivity index (χ4v) is 2.97. The van der Waals surface area contributed by atoms with Gasteiger partial charge in [-0.2, -0.15) is 0 Å². The summed E-state index contributed by atoms with van der Waals surface area (Å²) >= 11 is 0. The predicted molar refractivity (Wildman–Crippen MR) is 105 cm³/mol. The Morgan fingerprint density at radius 1 is 1.22 bits per heavy atom. The average molecular weight is 367 g/mol. The molecule has 0 radical (unpaired) electrons. The third-order valence-electron chi connectivity index (χ3n) is 4.77. The summed E-state index contributed by atoms with van der Waals surface area (Å²) in [6.07, 6.45) is 0.642. The molecule has 0 spiro atoms. The Morgan fingerprint density at radius 3 is 2.81 bits per heavy atom. The highest BCUT2D eigenvalue weighted by Gasteiger charge is 2.10. The maximum Gasteiger partial charge on any atom is 0.257 e. The zero-order valence-corrected chi connectivity index (χ0v) is 16.2. The van der Waals surface area contributed by atoms with Gasteiger partial charge in [0.25, 0.3) is 5.91 Å². The van der Waals surface area contributed by atoms with E-state index in [1.54, 1.807) is 7.11 Å². The molecule has 142 valence electrons. The number of benzene rings is 2. The zero-order chi connectivity index (χ0) is 19.4. The number of hydrogen-bond acceptors (Lipinski definition) is 4. The molecule has 3 rings (SSSR count). The largest absolute Gasteiger partial charge is 0.497 e. The molecule has 0 aliphatic heterocycles. The number of aromatic nitrogens is 2. The highest BCUT2D eigenvalue weighted by molar-refractivity contribution is 5.78. The van der Waals surface area contributed by atoms with Crippen molar-refractivity contribution in [3.05, 3.63) is 53.3 Å². The van der Waals surface area contributed by atoms with Crippen molar-refractivity contribution in [1.29, 1.82) is 0 Å². The van der Waals surface area contributed by atoms with E-state index in [-0.39, 0.29) is 12.5 Å². The van der Waals surface area contributed by atoms with E-state index in [2.05, 4.69) is 10.3 Å². The van der Waals surface area contributed by atoms with E-state index >= 15 is 0 Å². The Kier molecular flexibility index (Phi) is 5.64. The molecule has 3 aromatic rings. The van der Waals surface area contributed by atoms with Crippen molar-refractivity contribution in [2.24, 2.45) is 7.05 Å². The predicted octanol–water partition coefficient (Wildman–Crippen LogP) is 2.94. The SMILES string of the molecule is COc1ccc2c(c1)nc(CCNC(=O)COc1cccc(C)c1C)n2C. The van der Waals surface area contributed by atoms with Gasteiger partial charge in [0.2, 0.25) is 0 Å².